The Morgan fingerprint density at radius 2 is 2.00 bits per heavy atom. The van der Waals surface area contributed by atoms with E-state index in [-0.39, 0.29) is 5.03 Å². The van der Waals surface area contributed by atoms with Gasteiger partial charge in [-0.25, -0.2) is 4.98 Å². The van der Waals surface area contributed by atoms with Crippen LogP contribution < -0.4 is 4.72 Å². The lowest BCUT2D eigenvalue weighted by molar-refractivity contribution is 0.591. The number of hydrogen-bond acceptors (Lipinski definition) is 5. The summed E-state index contributed by atoms with van der Waals surface area (Å²) in [7, 11) is -3.73. The summed E-state index contributed by atoms with van der Waals surface area (Å²) in [4.78, 5) is 4.95. The Bertz CT molecular complexity index is 882. The maximum absolute atomic E-state index is 12.7. The molecule has 8 heteroatoms. The molecular formula is C13H14N4O2S2. The fourth-order valence-electron chi connectivity index (χ4n) is 2.08. The first-order valence-electron chi connectivity index (χ1n) is 6.44. The third kappa shape index (κ3) is 2.52. The predicted octanol–water partition coefficient (Wildman–Crippen LogP) is 2.46. The molecule has 0 saturated carbocycles. The van der Waals surface area contributed by atoms with Crippen LogP contribution in [0.15, 0.2) is 35.4 Å². The first-order valence-corrected chi connectivity index (χ1v) is 8.74. The van der Waals surface area contributed by atoms with Crippen LogP contribution in [-0.4, -0.2) is 23.0 Å². The molecule has 0 spiro atoms. The zero-order chi connectivity index (χ0) is 15.0. The highest BCUT2D eigenvalue weighted by molar-refractivity contribution is 7.92. The summed E-state index contributed by atoms with van der Waals surface area (Å²) >= 11 is 1.37. The van der Waals surface area contributed by atoms with Gasteiger partial charge in [-0.2, -0.15) is 18.0 Å². The van der Waals surface area contributed by atoms with Gasteiger partial charge in [0.1, 0.15) is 5.01 Å². The second-order valence-electron chi connectivity index (χ2n) is 4.50. The fraction of sp³-hybridized carbons (Fsp3) is 0.231. The van der Waals surface area contributed by atoms with Crippen LogP contribution >= 0.6 is 11.3 Å². The van der Waals surface area contributed by atoms with E-state index in [1.165, 1.54) is 15.9 Å². The highest BCUT2D eigenvalue weighted by Gasteiger charge is 2.26. The van der Waals surface area contributed by atoms with E-state index in [1.54, 1.807) is 24.3 Å². The Kier molecular flexibility index (Phi) is 3.42. The number of para-hydroxylation sites is 1. The molecule has 0 saturated heterocycles. The van der Waals surface area contributed by atoms with Crippen LogP contribution in [-0.2, 0) is 16.4 Å². The highest BCUT2D eigenvalue weighted by atomic mass is 32.2. The zero-order valence-corrected chi connectivity index (χ0v) is 13.2. The molecular weight excluding hydrogens is 308 g/mol. The summed E-state index contributed by atoms with van der Waals surface area (Å²) in [6, 6.07) is 8.78. The third-order valence-electron chi connectivity index (χ3n) is 2.95. The normalized spacial score (nSPS) is 11.9. The van der Waals surface area contributed by atoms with Gasteiger partial charge in [0.25, 0.3) is 10.0 Å². The number of anilines is 1. The molecule has 0 fully saturated rings. The standard InChI is InChI=1S/C13H14N4O2S2/c1-3-11-12(17-13(14-11)20-9(2)15-17)21(18,19)16-10-7-5-4-6-8-10/h4-8,16H,3H2,1-2H3. The van der Waals surface area contributed by atoms with Gasteiger partial charge in [-0.05, 0) is 25.5 Å². The first kappa shape index (κ1) is 14.0. The molecule has 1 aromatic carbocycles. The van der Waals surface area contributed by atoms with Crippen LogP contribution in [0, 0.1) is 6.92 Å². The summed E-state index contributed by atoms with van der Waals surface area (Å²) in [5, 5.41) is 5.14. The number of aromatic nitrogens is 3. The molecule has 0 aliphatic heterocycles. The van der Waals surface area contributed by atoms with E-state index >= 15 is 0 Å². The van der Waals surface area contributed by atoms with Gasteiger partial charge in [0, 0.05) is 5.69 Å². The molecule has 6 nitrogen and oxygen atoms in total. The molecule has 0 amide bonds. The zero-order valence-electron chi connectivity index (χ0n) is 11.6. The van der Waals surface area contributed by atoms with Crippen LogP contribution in [0.1, 0.15) is 17.6 Å². The molecule has 3 aromatic rings. The van der Waals surface area contributed by atoms with Gasteiger partial charge in [0.05, 0.1) is 5.69 Å². The smallest absolute Gasteiger partial charge is 0.278 e. The number of nitrogens with zero attached hydrogens (tertiary/aromatic N) is 3. The maximum Gasteiger partial charge on any atom is 0.281 e. The van der Waals surface area contributed by atoms with Crippen LogP contribution in [0.5, 0.6) is 0 Å². The number of imidazole rings is 1. The second kappa shape index (κ2) is 5.12. The third-order valence-corrected chi connectivity index (χ3v) is 5.19. The Morgan fingerprint density at radius 1 is 1.29 bits per heavy atom. The Morgan fingerprint density at radius 3 is 2.67 bits per heavy atom. The molecule has 2 heterocycles. The molecule has 0 radical (unpaired) electrons. The lowest BCUT2D eigenvalue weighted by Gasteiger charge is -2.07. The van der Waals surface area contributed by atoms with Crippen molar-refractivity contribution in [2.75, 3.05) is 4.72 Å². The average molecular weight is 322 g/mol. The van der Waals surface area contributed by atoms with E-state index in [0.717, 1.165) is 5.01 Å². The first-order chi connectivity index (χ1) is 10.0. The largest absolute Gasteiger partial charge is 0.281 e. The Labute approximate surface area is 126 Å². The van der Waals surface area contributed by atoms with Crippen molar-refractivity contribution in [2.24, 2.45) is 0 Å². The number of benzene rings is 1. The second-order valence-corrected chi connectivity index (χ2v) is 7.26. The van der Waals surface area contributed by atoms with Gasteiger partial charge in [0.15, 0.2) is 0 Å². The highest BCUT2D eigenvalue weighted by Crippen LogP contribution is 2.24. The van der Waals surface area contributed by atoms with Gasteiger partial charge < -0.3 is 0 Å². The molecule has 110 valence electrons. The average Bonchev–Trinajstić information content (AvgIpc) is 2.94. The van der Waals surface area contributed by atoms with Crippen molar-refractivity contribution in [1.29, 1.82) is 0 Å². The van der Waals surface area contributed by atoms with Crippen LogP contribution in [0.3, 0.4) is 0 Å². The van der Waals surface area contributed by atoms with Crippen molar-refractivity contribution >= 4 is 32.0 Å². The van der Waals surface area contributed by atoms with Gasteiger partial charge in [-0.15, -0.1) is 0 Å². The van der Waals surface area contributed by atoms with Crippen LogP contribution in [0.25, 0.3) is 4.96 Å². The molecule has 0 aliphatic rings. The number of nitrogens with one attached hydrogen (secondary N) is 1. The number of aryl methyl sites for hydroxylation is 2. The minimum atomic E-state index is -3.73. The van der Waals surface area contributed by atoms with Crippen molar-refractivity contribution in [1.82, 2.24) is 14.6 Å². The van der Waals surface area contributed by atoms with E-state index in [1.807, 2.05) is 19.9 Å². The quantitative estimate of drug-likeness (QED) is 0.800. The van der Waals surface area contributed by atoms with Crippen molar-refractivity contribution in [3.63, 3.8) is 0 Å². The SMILES string of the molecule is CCc1nc2sc(C)nn2c1S(=O)(=O)Nc1ccccc1. The lowest BCUT2D eigenvalue weighted by Crippen LogP contribution is -2.17. The summed E-state index contributed by atoms with van der Waals surface area (Å²) in [6.45, 7) is 3.70. The predicted molar refractivity (Wildman–Crippen MR) is 82.2 cm³/mol. The summed E-state index contributed by atoms with van der Waals surface area (Å²) in [5.41, 5.74) is 1.04. The summed E-state index contributed by atoms with van der Waals surface area (Å²) < 4.78 is 29.3. The van der Waals surface area contributed by atoms with E-state index in [2.05, 4.69) is 14.8 Å². The number of fused-ring (bicyclic) bond motifs is 1. The number of rotatable bonds is 4. The van der Waals surface area contributed by atoms with E-state index in [0.29, 0.717) is 22.8 Å². The van der Waals surface area contributed by atoms with Gasteiger partial charge in [-0.3, -0.25) is 4.72 Å². The number of hydrogen-bond donors (Lipinski definition) is 1. The van der Waals surface area contributed by atoms with Crippen molar-refractivity contribution in [3.05, 3.63) is 41.0 Å². The van der Waals surface area contributed by atoms with Crippen molar-refractivity contribution in [2.45, 2.75) is 25.3 Å². The van der Waals surface area contributed by atoms with Crippen LogP contribution in [0.2, 0.25) is 0 Å². The van der Waals surface area contributed by atoms with Gasteiger partial charge in [0.2, 0.25) is 9.99 Å². The van der Waals surface area contributed by atoms with E-state index in [4.69, 9.17) is 0 Å². The van der Waals surface area contributed by atoms with Gasteiger partial charge in [-0.1, -0.05) is 36.5 Å². The maximum atomic E-state index is 12.7. The minimum Gasteiger partial charge on any atom is -0.278 e. The van der Waals surface area contributed by atoms with E-state index in [9.17, 15) is 8.42 Å². The van der Waals surface area contributed by atoms with Crippen molar-refractivity contribution < 1.29 is 8.42 Å². The number of sulfonamides is 1. The lowest BCUT2D eigenvalue weighted by atomic mass is 10.3. The molecule has 0 unspecified atom stereocenters. The minimum absolute atomic E-state index is 0.119. The molecule has 0 atom stereocenters. The molecule has 2 aromatic heterocycles. The monoisotopic (exact) mass is 322 g/mol. The summed E-state index contributed by atoms with van der Waals surface area (Å²) in [6.07, 6.45) is 0.528. The van der Waals surface area contributed by atoms with Crippen LogP contribution in [0.4, 0.5) is 5.69 Å². The fourth-order valence-corrected chi connectivity index (χ4v) is 4.29. The van der Waals surface area contributed by atoms with Crippen molar-refractivity contribution in [3.8, 4) is 0 Å². The molecule has 3 rings (SSSR count). The molecule has 1 N–H and O–H groups in total. The Hall–Kier alpha value is -1.93. The molecule has 21 heavy (non-hydrogen) atoms. The topological polar surface area (TPSA) is 76.4 Å². The Balaban J connectivity index is 2.13. The van der Waals surface area contributed by atoms with E-state index < -0.39 is 10.0 Å². The molecule has 0 aliphatic carbocycles. The van der Waals surface area contributed by atoms with Gasteiger partial charge >= 0.3 is 0 Å². The summed E-state index contributed by atoms with van der Waals surface area (Å²) in [5.74, 6) is 0. The molecule has 0 bridgehead atoms.